The van der Waals surface area contributed by atoms with E-state index in [2.05, 4.69) is 5.32 Å². The second-order valence-electron chi connectivity index (χ2n) is 10.3. The zero-order valence-corrected chi connectivity index (χ0v) is 23.2. The molecule has 0 radical (unpaired) electrons. The molecule has 0 spiro atoms. The van der Waals surface area contributed by atoms with Crippen LogP contribution in [-0.2, 0) is 26.2 Å². The number of hydrogen-bond donors (Lipinski definition) is 1. The Morgan fingerprint density at radius 1 is 1.05 bits per heavy atom. The zero-order valence-electron chi connectivity index (χ0n) is 22.4. The van der Waals surface area contributed by atoms with E-state index in [-0.39, 0.29) is 18.1 Å². The number of amides is 2. The molecule has 2 amide bonds. The number of nitrogens with zero attached hydrogens (tertiary/aromatic N) is 2. The second kappa shape index (κ2) is 11.4. The van der Waals surface area contributed by atoms with Gasteiger partial charge < -0.3 is 19.7 Å². The Morgan fingerprint density at radius 3 is 2.32 bits per heavy atom. The molecule has 1 unspecified atom stereocenters. The number of carbonyl (C=O) groups is 2. The van der Waals surface area contributed by atoms with Crippen LogP contribution in [0.25, 0.3) is 0 Å². The standard InChI is InChI=1S/C27H37N3O6S/c1-7-22(26(32)28-27(3,4)5)29(17-20-10-8-9-19(2)15-20)25(31)18-30(37(6,33)34)21-11-12-23-24(16-21)36-14-13-35-23/h8-12,15-16,22H,7,13-14,17-18H2,1-6H3,(H,28,32). The largest absolute Gasteiger partial charge is 0.486 e. The predicted octanol–water partition coefficient (Wildman–Crippen LogP) is 3.25. The molecule has 2 aromatic rings. The van der Waals surface area contributed by atoms with Crippen molar-refractivity contribution in [2.24, 2.45) is 0 Å². The Hall–Kier alpha value is -3.27. The molecule has 1 heterocycles. The molecule has 3 rings (SSSR count). The number of anilines is 1. The highest BCUT2D eigenvalue weighted by Gasteiger charge is 2.33. The third-order valence-electron chi connectivity index (χ3n) is 5.81. The third kappa shape index (κ3) is 7.61. The zero-order chi connectivity index (χ0) is 27.4. The van der Waals surface area contributed by atoms with Crippen molar-refractivity contribution in [1.29, 1.82) is 0 Å². The topological polar surface area (TPSA) is 105 Å². The number of rotatable bonds is 9. The summed E-state index contributed by atoms with van der Waals surface area (Å²) in [5.74, 6) is 0.150. The molecule has 0 bridgehead atoms. The van der Waals surface area contributed by atoms with Crippen LogP contribution < -0.4 is 19.1 Å². The number of hydrogen-bond acceptors (Lipinski definition) is 6. The maximum atomic E-state index is 13.8. The molecule has 0 aromatic heterocycles. The van der Waals surface area contributed by atoms with E-state index in [1.54, 1.807) is 18.2 Å². The van der Waals surface area contributed by atoms with E-state index in [1.165, 1.54) is 4.90 Å². The monoisotopic (exact) mass is 531 g/mol. The molecule has 2 aromatic carbocycles. The highest BCUT2D eigenvalue weighted by molar-refractivity contribution is 7.92. The van der Waals surface area contributed by atoms with Gasteiger partial charge >= 0.3 is 0 Å². The van der Waals surface area contributed by atoms with Crippen molar-refractivity contribution < 1.29 is 27.5 Å². The van der Waals surface area contributed by atoms with Crippen molar-refractivity contribution >= 4 is 27.5 Å². The van der Waals surface area contributed by atoms with Gasteiger partial charge in [-0.05, 0) is 51.8 Å². The van der Waals surface area contributed by atoms with E-state index in [9.17, 15) is 18.0 Å². The molecule has 0 aliphatic carbocycles. The summed E-state index contributed by atoms with van der Waals surface area (Å²) in [6, 6.07) is 11.7. The van der Waals surface area contributed by atoms with Crippen LogP contribution in [0.2, 0.25) is 0 Å². The number of nitrogens with one attached hydrogen (secondary N) is 1. The Bertz CT molecular complexity index is 1240. The van der Waals surface area contributed by atoms with Gasteiger partial charge in [-0.1, -0.05) is 36.8 Å². The van der Waals surface area contributed by atoms with Gasteiger partial charge in [0.05, 0.1) is 11.9 Å². The normalized spacial score (nSPS) is 14.0. The lowest BCUT2D eigenvalue weighted by molar-refractivity contribution is -0.141. The summed E-state index contributed by atoms with van der Waals surface area (Å²) in [7, 11) is -3.85. The Labute approximate surface area is 219 Å². The quantitative estimate of drug-likeness (QED) is 0.533. The van der Waals surface area contributed by atoms with Gasteiger partial charge in [0.2, 0.25) is 21.8 Å². The summed E-state index contributed by atoms with van der Waals surface area (Å²) in [5, 5.41) is 2.96. The first kappa shape index (κ1) is 28.3. The van der Waals surface area contributed by atoms with Crippen molar-refractivity contribution in [3.05, 3.63) is 53.6 Å². The highest BCUT2D eigenvalue weighted by atomic mass is 32.2. The van der Waals surface area contributed by atoms with Gasteiger partial charge in [0.15, 0.2) is 11.5 Å². The molecule has 0 saturated heterocycles. The van der Waals surface area contributed by atoms with Gasteiger partial charge in [-0.3, -0.25) is 13.9 Å². The first-order valence-corrected chi connectivity index (χ1v) is 14.2. The molecular formula is C27H37N3O6S. The Morgan fingerprint density at radius 2 is 1.73 bits per heavy atom. The molecule has 202 valence electrons. The summed E-state index contributed by atoms with van der Waals surface area (Å²) in [6.07, 6.45) is 1.41. The number of fused-ring (bicyclic) bond motifs is 1. The summed E-state index contributed by atoms with van der Waals surface area (Å²) in [5.41, 5.74) is 1.65. The average Bonchev–Trinajstić information content (AvgIpc) is 2.80. The number of benzene rings is 2. The lowest BCUT2D eigenvalue weighted by Crippen LogP contribution is -2.55. The molecule has 1 atom stereocenters. The molecule has 1 N–H and O–H groups in total. The van der Waals surface area contributed by atoms with Gasteiger partial charge in [-0.2, -0.15) is 0 Å². The van der Waals surface area contributed by atoms with Crippen molar-refractivity contribution in [2.45, 2.75) is 59.2 Å². The van der Waals surface area contributed by atoms with Gasteiger partial charge in [-0.25, -0.2) is 8.42 Å². The van der Waals surface area contributed by atoms with Crippen LogP contribution in [0.1, 0.15) is 45.2 Å². The average molecular weight is 532 g/mol. The fourth-order valence-electron chi connectivity index (χ4n) is 4.18. The number of sulfonamides is 1. The van der Waals surface area contributed by atoms with Crippen LogP contribution in [0.15, 0.2) is 42.5 Å². The highest BCUT2D eigenvalue weighted by Crippen LogP contribution is 2.34. The summed E-state index contributed by atoms with van der Waals surface area (Å²) < 4.78 is 37.8. The summed E-state index contributed by atoms with van der Waals surface area (Å²) in [4.78, 5) is 28.5. The van der Waals surface area contributed by atoms with Crippen molar-refractivity contribution in [3.63, 3.8) is 0 Å². The van der Waals surface area contributed by atoms with Crippen molar-refractivity contribution in [1.82, 2.24) is 10.2 Å². The summed E-state index contributed by atoms with van der Waals surface area (Å²) >= 11 is 0. The van der Waals surface area contributed by atoms with Crippen LogP contribution in [0.4, 0.5) is 5.69 Å². The number of carbonyl (C=O) groups excluding carboxylic acids is 2. The molecule has 10 heteroatoms. The predicted molar refractivity (Wildman–Crippen MR) is 143 cm³/mol. The fourth-order valence-corrected chi connectivity index (χ4v) is 5.02. The minimum atomic E-state index is -3.85. The van der Waals surface area contributed by atoms with Gasteiger partial charge in [-0.15, -0.1) is 0 Å². The van der Waals surface area contributed by atoms with Crippen LogP contribution in [-0.4, -0.2) is 62.7 Å². The van der Waals surface area contributed by atoms with E-state index in [0.717, 1.165) is 21.7 Å². The van der Waals surface area contributed by atoms with E-state index in [4.69, 9.17) is 9.47 Å². The number of ether oxygens (including phenoxy) is 2. The van der Waals surface area contributed by atoms with Crippen LogP contribution in [0.5, 0.6) is 11.5 Å². The molecule has 0 fully saturated rings. The first-order chi connectivity index (χ1) is 17.3. The third-order valence-corrected chi connectivity index (χ3v) is 6.95. The maximum Gasteiger partial charge on any atom is 0.244 e. The first-order valence-electron chi connectivity index (χ1n) is 12.3. The fraction of sp³-hybridized carbons (Fsp3) is 0.481. The van der Waals surface area contributed by atoms with E-state index in [1.807, 2.05) is 58.9 Å². The SMILES string of the molecule is CCC(C(=O)NC(C)(C)C)N(Cc1cccc(C)c1)C(=O)CN(c1ccc2c(c1)OCCO2)S(C)(=O)=O. The lowest BCUT2D eigenvalue weighted by Gasteiger charge is -2.34. The molecule has 1 aliphatic rings. The lowest BCUT2D eigenvalue weighted by atomic mass is 10.0. The van der Waals surface area contributed by atoms with Gasteiger partial charge in [0.1, 0.15) is 25.8 Å². The minimum Gasteiger partial charge on any atom is -0.486 e. The number of aryl methyl sites for hydroxylation is 1. The molecular weight excluding hydrogens is 494 g/mol. The van der Waals surface area contributed by atoms with Gasteiger partial charge in [0, 0.05) is 18.2 Å². The molecule has 9 nitrogen and oxygen atoms in total. The van der Waals surface area contributed by atoms with E-state index < -0.39 is 34.1 Å². The summed E-state index contributed by atoms with van der Waals surface area (Å²) in [6.45, 7) is 9.85. The van der Waals surface area contributed by atoms with E-state index >= 15 is 0 Å². The van der Waals surface area contributed by atoms with Crippen LogP contribution >= 0.6 is 0 Å². The van der Waals surface area contributed by atoms with E-state index in [0.29, 0.717) is 31.1 Å². The Kier molecular flexibility index (Phi) is 8.73. The minimum absolute atomic E-state index is 0.162. The van der Waals surface area contributed by atoms with Crippen molar-refractivity contribution in [3.8, 4) is 11.5 Å². The maximum absolute atomic E-state index is 13.8. The smallest absolute Gasteiger partial charge is 0.244 e. The Balaban J connectivity index is 1.97. The molecule has 37 heavy (non-hydrogen) atoms. The van der Waals surface area contributed by atoms with Crippen molar-refractivity contribution in [2.75, 3.05) is 30.3 Å². The van der Waals surface area contributed by atoms with Gasteiger partial charge in [0.25, 0.3) is 0 Å². The van der Waals surface area contributed by atoms with Crippen LogP contribution in [0, 0.1) is 6.92 Å². The molecule has 0 saturated carbocycles. The molecule has 1 aliphatic heterocycles. The second-order valence-corrected chi connectivity index (χ2v) is 12.2. The van der Waals surface area contributed by atoms with Crippen LogP contribution in [0.3, 0.4) is 0 Å².